The molecule has 1 aromatic rings. The fourth-order valence-electron chi connectivity index (χ4n) is 1.13. The topological polar surface area (TPSA) is 22.1 Å². The van der Waals surface area contributed by atoms with E-state index in [1.54, 1.807) is 0 Å². The molecule has 0 radical (unpaired) electrons. The zero-order chi connectivity index (χ0) is 10.6. The first-order chi connectivity index (χ1) is 6.59. The van der Waals surface area contributed by atoms with Crippen molar-refractivity contribution in [3.63, 3.8) is 0 Å². The number of rotatable bonds is 4. The van der Waals surface area contributed by atoms with Crippen LogP contribution in [0, 0.1) is 0 Å². The summed E-state index contributed by atoms with van der Waals surface area (Å²) in [5, 5.41) is 0. The molecule has 1 heterocycles. The molecular weight excluding hydrogens is 174 g/mol. The van der Waals surface area contributed by atoms with Crippen molar-refractivity contribution in [3.05, 3.63) is 29.6 Å². The predicted octanol–water partition coefficient (Wildman–Crippen LogP) is 3.13. The number of ether oxygens (including phenoxy) is 1. The second kappa shape index (κ2) is 5.11. The number of hydrogen-bond acceptors (Lipinski definition) is 2. The van der Waals surface area contributed by atoms with Gasteiger partial charge in [0, 0.05) is 11.9 Å². The number of aromatic nitrogens is 1. The highest BCUT2D eigenvalue weighted by atomic mass is 16.5. The maximum atomic E-state index is 5.49. The van der Waals surface area contributed by atoms with E-state index in [0.717, 1.165) is 11.3 Å². The van der Waals surface area contributed by atoms with Crippen molar-refractivity contribution in [3.8, 4) is 0 Å². The van der Waals surface area contributed by atoms with Crippen LogP contribution in [-0.2, 0) is 11.3 Å². The number of pyridine rings is 1. The van der Waals surface area contributed by atoms with E-state index in [1.807, 2.05) is 20.0 Å². The van der Waals surface area contributed by atoms with E-state index in [-0.39, 0.29) is 6.10 Å². The Hall–Kier alpha value is -0.890. The molecule has 0 unspecified atom stereocenters. The summed E-state index contributed by atoms with van der Waals surface area (Å²) >= 11 is 0. The molecule has 0 aliphatic carbocycles. The van der Waals surface area contributed by atoms with Crippen molar-refractivity contribution in [1.29, 1.82) is 0 Å². The molecule has 2 heteroatoms. The van der Waals surface area contributed by atoms with Gasteiger partial charge >= 0.3 is 0 Å². The van der Waals surface area contributed by atoms with Crippen LogP contribution in [0.3, 0.4) is 0 Å². The lowest BCUT2D eigenvalue weighted by Gasteiger charge is -2.08. The lowest BCUT2D eigenvalue weighted by molar-refractivity contribution is 0.0655. The minimum atomic E-state index is 0.278. The third-order valence-corrected chi connectivity index (χ3v) is 2.02. The van der Waals surface area contributed by atoms with Crippen molar-refractivity contribution in [2.45, 2.75) is 46.3 Å². The van der Waals surface area contributed by atoms with E-state index in [4.69, 9.17) is 4.74 Å². The largest absolute Gasteiger partial charge is 0.374 e. The first kappa shape index (κ1) is 11.2. The van der Waals surface area contributed by atoms with E-state index in [1.165, 1.54) is 0 Å². The van der Waals surface area contributed by atoms with E-state index in [9.17, 15) is 0 Å². The van der Waals surface area contributed by atoms with Gasteiger partial charge in [-0.25, -0.2) is 0 Å². The SMILES string of the molecule is CC(C)OCc1ccc(C(C)C)nc1. The molecule has 0 saturated carbocycles. The Morgan fingerprint density at radius 2 is 1.93 bits per heavy atom. The van der Waals surface area contributed by atoms with E-state index < -0.39 is 0 Å². The normalized spacial score (nSPS) is 11.3. The third-order valence-electron chi connectivity index (χ3n) is 2.02. The van der Waals surface area contributed by atoms with Crippen LogP contribution in [0.25, 0.3) is 0 Å². The highest BCUT2D eigenvalue weighted by Crippen LogP contribution is 2.11. The Morgan fingerprint density at radius 1 is 1.21 bits per heavy atom. The molecule has 1 rings (SSSR count). The molecule has 1 aromatic heterocycles. The van der Waals surface area contributed by atoms with Gasteiger partial charge in [-0.05, 0) is 31.4 Å². The second-order valence-electron chi connectivity index (χ2n) is 4.11. The van der Waals surface area contributed by atoms with E-state index >= 15 is 0 Å². The highest BCUT2D eigenvalue weighted by Gasteiger charge is 2.01. The van der Waals surface area contributed by atoms with Crippen molar-refractivity contribution in [2.75, 3.05) is 0 Å². The fraction of sp³-hybridized carbons (Fsp3) is 0.583. The molecule has 0 spiro atoms. The van der Waals surface area contributed by atoms with Gasteiger partial charge in [-0.2, -0.15) is 0 Å². The zero-order valence-electron chi connectivity index (χ0n) is 9.45. The van der Waals surface area contributed by atoms with Crippen LogP contribution in [0.5, 0.6) is 0 Å². The lowest BCUT2D eigenvalue weighted by atomic mass is 10.1. The van der Waals surface area contributed by atoms with Gasteiger partial charge in [-0.1, -0.05) is 19.9 Å². The van der Waals surface area contributed by atoms with Crippen LogP contribution < -0.4 is 0 Å². The van der Waals surface area contributed by atoms with E-state index in [0.29, 0.717) is 12.5 Å². The van der Waals surface area contributed by atoms with Crippen molar-refractivity contribution >= 4 is 0 Å². The van der Waals surface area contributed by atoms with Crippen LogP contribution in [0.2, 0.25) is 0 Å². The molecule has 0 saturated heterocycles. The quantitative estimate of drug-likeness (QED) is 0.733. The Morgan fingerprint density at radius 3 is 2.36 bits per heavy atom. The van der Waals surface area contributed by atoms with Gasteiger partial charge < -0.3 is 4.74 Å². The van der Waals surface area contributed by atoms with Gasteiger partial charge in [0.2, 0.25) is 0 Å². The monoisotopic (exact) mass is 193 g/mol. The standard InChI is InChI=1S/C12H19NO/c1-9(2)12-6-5-11(7-13-12)8-14-10(3)4/h5-7,9-10H,8H2,1-4H3. The van der Waals surface area contributed by atoms with Crippen LogP contribution in [0.1, 0.15) is 44.9 Å². The van der Waals surface area contributed by atoms with Gasteiger partial charge in [-0.3, -0.25) is 4.98 Å². The summed E-state index contributed by atoms with van der Waals surface area (Å²) in [6.45, 7) is 9.02. The van der Waals surface area contributed by atoms with Gasteiger partial charge in [0.1, 0.15) is 0 Å². The Bertz CT molecular complexity index is 264. The molecular formula is C12H19NO. The van der Waals surface area contributed by atoms with Crippen LogP contribution in [0.15, 0.2) is 18.3 Å². The minimum Gasteiger partial charge on any atom is -0.374 e. The summed E-state index contributed by atoms with van der Waals surface area (Å²) in [7, 11) is 0. The molecule has 0 atom stereocenters. The predicted molar refractivity (Wildman–Crippen MR) is 58.3 cm³/mol. The summed E-state index contributed by atoms with van der Waals surface area (Å²) in [6.07, 6.45) is 2.18. The van der Waals surface area contributed by atoms with Gasteiger partial charge in [-0.15, -0.1) is 0 Å². The van der Waals surface area contributed by atoms with Gasteiger partial charge in [0.25, 0.3) is 0 Å². The lowest BCUT2D eigenvalue weighted by Crippen LogP contribution is -2.03. The first-order valence-electron chi connectivity index (χ1n) is 5.16. The van der Waals surface area contributed by atoms with Crippen LogP contribution in [0.4, 0.5) is 0 Å². The van der Waals surface area contributed by atoms with Crippen LogP contribution in [-0.4, -0.2) is 11.1 Å². The number of nitrogens with zero attached hydrogens (tertiary/aromatic N) is 1. The molecule has 78 valence electrons. The highest BCUT2D eigenvalue weighted by molar-refractivity contribution is 5.15. The Balaban J connectivity index is 2.55. The average Bonchev–Trinajstić information content (AvgIpc) is 2.15. The summed E-state index contributed by atoms with van der Waals surface area (Å²) in [6, 6.07) is 4.16. The Labute approximate surface area is 86.3 Å². The molecule has 2 nitrogen and oxygen atoms in total. The summed E-state index contributed by atoms with van der Waals surface area (Å²) in [5.41, 5.74) is 2.28. The van der Waals surface area contributed by atoms with Crippen molar-refractivity contribution in [1.82, 2.24) is 4.98 Å². The summed E-state index contributed by atoms with van der Waals surface area (Å²) in [4.78, 5) is 4.38. The zero-order valence-corrected chi connectivity index (χ0v) is 9.45. The molecule has 0 aromatic carbocycles. The van der Waals surface area contributed by atoms with Gasteiger partial charge in [0.05, 0.1) is 12.7 Å². The second-order valence-corrected chi connectivity index (χ2v) is 4.11. The summed E-state index contributed by atoms with van der Waals surface area (Å²) < 4.78 is 5.49. The summed E-state index contributed by atoms with van der Waals surface area (Å²) in [5.74, 6) is 0.495. The molecule has 0 amide bonds. The molecule has 14 heavy (non-hydrogen) atoms. The fourth-order valence-corrected chi connectivity index (χ4v) is 1.13. The molecule has 0 aliphatic heterocycles. The van der Waals surface area contributed by atoms with E-state index in [2.05, 4.69) is 31.0 Å². The smallest absolute Gasteiger partial charge is 0.0735 e. The average molecular weight is 193 g/mol. The molecule has 0 fully saturated rings. The van der Waals surface area contributed by atoms with Crippen LogP contribution >= 0.6 is 0 Å². The maximum absolute atomic E-state index is 5.49. The minimum absolute atomic E-state index is 0.278. The van der Waals surface area contributed by atoms with Gasteiger partial charge in [0.15, 0.2) is 0 Å². The first-order valence-corrected chi connectivity index (χ1v) is 5.16. The molecule has 0 bridgehead atoms. The number of hydrogen-bond donors (Lipinski definition) is 0. The molecule has 0 N–H and O–H groups in total. The third kappa shape index (κ3) is 3.46. The maximum Gasteiger partial charge on any atom is 0.0735 e. The van der Waals surface area contributed by atoms with Crippen molar-refractivity contribution in [2.24, 2.45) is 0 Å². The molecule has 0 aliphatic rings. The Kier molecular flexibility index (Phi) is 4.08. The van der Waals surface area contributed by atoms with Crippen molar-refractivity contribution < 1.29 is 4.74 Å².